The van der Waals surface area contributed by atoms with Crippen LogP contribution in [0, 0.1) is 0 Å². The largest absolute Gasteiger partial charge is 0.479 e. The van der Waals surface area contributed by atoms with Gasteiger partial charge in [0.2, 0.25) is 0 Å². The molecule has 0 radical (unpaired) electrons. The van der Waals surface area contributed by atoms with Crippen molar-refractivity contribution in [2.45, 2.75) is 18.2 Å². The van der Waals surface area contributed by atoms with Crippen molar-refractivity contribution >= 4 is 11.9 Å². The number of halogens is 3. The summed E-state index contributed by atoms with van der Waals surface area (Å²) >= 11 is 0. The second kappa shape index (κ2) is 3.89. The van der Waals surface area contributed by atoms with Gasteiger partial charge in [-0.25, -0.2) is 9.59 Å². The second-order valence-electron chi connectivity index (χ2n) is 2.75. The van der Waals surface area contributed by atoms with Gasteiger partial charge in [0.05, 0.1) is 0 Å². The minimum atomic E-state index is -5.47. The monoisotopic (exact) mass is 228 g/mol. The third-order valence-electron chi connectivity index (χ3n) is 1.59. The molecule has 1 atom stereocenters. The molecule has 3 N–H and O–H groups in total. The number of aliphatic hydroxyl groups is 1. The number of carboxylic acid groups (broad SMARTS) is 2. The van der Waals surface area contributed by atoms with Crippen LogP contribution in [0.15, 0.2) is 12.2 Å². The summed E-state index contributed by atoms with van der Waals surface area (Å²) in [6, 6.07) is 0. The maximum absolute atomic E-state index is 12.1. The van der Waals surface area contributed by atoms with Crippen molar-refractivity contribution in [1.29, 1.82) is 0 Å². The Balaban J connectivity index is 5.09. The predicted octanol–water partition coefficient (Wildman–Crippen LogP) is 0.395. The van der Waals surface area contributed by atoms with Gasteiger partial charge in [-0.05, 0) is 0 Å². The average molecular weight is 228 g/mol. The summed E-state index contributed by atoms with van der Waals surface area (Å²) in [6.45, 7) is 2.71. The molecule has 0 fully saturated rings. The van der Waals surface area contributed by atoms with Crippen molar-refractivity contribution in [1.82, 2.24) is 0 Å². The summed E-state index contributed by atoms with van der Waals surface area (Å²) in [4.78, 5) is 20.4. The molecule has 0 aliphatic rings. The normalized spacial score (nSPS) is 15.5. The summed E-state index contributed by atoms with van der Waals surface area (Å²) in [6.07, 6.45) is -7.10. The highest BCUT2D eigenvalue weighted by atomic mass is 19.4. The zero-order valence-electron chi connectivity index (χ0n) is 7.21. The molecule has 0 spiro atoms. The molecular weight excluding hydrogens is 221 g/mol. The van der Waals surface area contributed by atoms with E-state index in [0.29, 0.717) is 0 Å². The van der Waals surface area contributed by atoms with Crippen LogP contribution < -0.4 is 0 Å². The Morgan fingerprint density at radius 2 is 1.60 bits per heavy atom. The van der Waals surface area contributed by atoms with E-state index in [1.54, 1.807) is 0 Å². The van der Waals surface area contributed by atoms with Crippen LogP contribution in [0.1, 0.15) is 6.42 Å². The molecule has 0 aromatic carbocycles. The highest BCUT2D eigenvalue weighted by Crippen LogP contribution is 2.35. The predicted molar refractivity (Wildman–Crippen MR) is 40.0 cm³/mol. The summed E-state index contributed by atoms with van der Waals surface area (Å²) in [7, 11) is 0. The van der Waals surface area contributed by atoms with E-state index in [2.05, 4.69) is 6.58 Å². The molecular formula is C7H7F3O5. The lowest BCUT2D eigenvalue weighted by Crippen LogP contribution is -2.52. The second-order valence-corrected chi connectivity index (χ2v) is 2.75. The van der Waals surface area contributed by atoms with Gasteiger partial charge < -0.3 is 15.3 Å². The fraction of sp³-hybridized carbons (Fsp3) is 0.429. The minimum absolute atomic E-state index is 1.04. The number of hydrogen-bond acceptors (Lipinski definition) is 3. The molecule has 0 heterocycles. The number of carboxylic acids is 2. The van der Waals surface area contributed by atoms with Crippen LogP contribution in [0.5, 0.6) is 0 Å². The number of hydrogen-bond donors (Lipinski definition) is 3. The van der Waals surface area contributed by atoms with E-state index in [1.165, 1.54) is 0 Å². The van der Waals surface area contributed by atoms with Gasteiger partial charge in [0.1, 0.15) is 0 Å². The Labute approximate surface area is 81.4 Å². The van der Waals surface area contributed by atoms with Crippen LogP contribution in [-0.4, -0.2) is 39.0 Å². The van der Waals surface area contributed by atoms with E-state index < -0.39 is 35.7 Å². The molecule has 0 amide bonds. The molecule has 0 saturated heterocycles. The van der Waals surface area contributed by atoms with Crippen molar-refractivity contribution in [2.24, 2.45) is 0 Å². The van der Waals surface area contributed by atoms with E-state index in [0.717, 1.165) is 0 Å². The van der Waals surface area contributed by atoms with E-state index in [-0.39, 0.29) is 0 Å². The number of alkyl halides is 3. The lowest BCUT2D eigenvalue weighted by Gasteiger charge is -2.25. The van der Waals surface area contributed by atoms with Gasteiger partial charge in [-0.2, -0.15) is 13.2 Å². The third-order valence-corrected chi connectivity index (χ3v) is 1.59. The maximum atomic E-state index is 12.1. The molecule has 0 rings (SSSR count). The van der Waals surface area contributed by atoms with Crippen LogP contribution >= 0.6 is 0 Å². The summed E-state index contributed by atoms with van der Waals surface area (Å²) in [5.41, 5.74) is -5.17. The smallest absolute Gasteiger partial charge is 0.428 e. The highest BCUT2D eigenvalue weighted by Gasteiger charge is 2.60. The Hall–Kier alpha value is -1.57. The van der Waals surface area contributed by atoms with Crippen molar-refractivity contribution in [3.05, 3.63) is 12.2 Å². The van der Waals surface area contributed by atoms with Gasteiger partial charge in [-0.1, -0.05) is 6.58 Å². The molecule has 0 saturated carbocycles. The molecule has 0 aromatic rings. The third kappa shape index (κ3) is 2.69. The van der Waals surface area contributed by atoms with Crippen molar-refractivity contribution in [3.63, 3.8) is 0 Å². The van der Waals surface area contributed by atoms with Gasteiger partial charge in [0.25, 0.3) is 5.60 Å². The first-order valence-corrected chi connectivity index (χ1v) is 3.46. The first kappa shape index (κ1) is 13.4. The lowest BCUT2D eigenvalue weighted by molar-refractivity contribution is -0.259. The lowest BCUT2D eigenvalue weighted by atomic mass is 9.94. The zero-order chi connectivity index (χ0) is 12.4. The quantitative estimate of drug-likeness (QED) is 0.605. The molecule has 1 unspecified atom stereocenters. The van der Waals surface area contributed by atoms with E-state index in [1.807, 2.05) is 0 Å². The van der Waals surface area contributed by atoms with E-state index >= 15 is 0 Å². The highest BCUT2D eigenvalue weighted by molar-refractivity contribution is 5.88. The van der Waals surface area contributed by atoms with Crippen LogP contribution in [0.3, 0.4) is 0 Å². The fourth-order valence-electron chi connectivity index (χ4n) is 0.682. The van der Waals surface area contributed by atoms with Gasteiger partial charge in [0, 0.05) is 12.0 Å². The molecule has 0 aromatic heterocycles. The fourth-order valence-corrected chi connectivity index (χ4v) is 0.682. The van der Waals surface area contributed by atoms with Crippen LogP contribution in [0.2, 0.25) is 0 Å². The Kier molecular flexibility index (Phi) is 3.48. The van der Waals surface area contributed by atoms with Gasteiger partial charge in [-0.15, -0.1) is 0 Å². The molecule has 8 heteroatoms. The van der Waals surface area contributed by atoms with Gasteiger partial charge in [-0.3, -0.25) is 0 Å². The molecule has 15 heavy (non-hydrogen) atoms. The first-order chi connectivity index (χ1) is 6.52. The SMILES string of the molecule is C=C(CC(O)(C(=O)O)C(F)(F)F)C(=O)O. The number of aliphatic carboxylic acids is 2. The molecule has 0 aliphatic carbocycles. The average Bonchev–Trinajstić information content (AvgIpc) is 2.01. The van der Waals surface area contributed by atoms with Crippen molar-refractivity contribution in [2.75, 3.05) is 0 Å². The van der Waals surface area contributed by atoms with Crippen LogP contribution in [0.25, 0.3) is 0 Å². The van der Waals surface area contributed by atoms with Gasteiger partial charge in [0.15, 0.2) is 0 Å². The summed E-state index contributed by atoms with van der Waals surface area (Å²) in [5.74, 6) is -4.38. The molecule has 0 bridgehead atoms. The standard InChI is InChI=1S/C7H7F3O5/c1-3(4(11)12)2-6(15,5(13)14)7(8,9)10/h15H,1-2H2,(H,11,12)(H,13,14). The Morgan fingerprint density at radius 1 is 1.20 bits per heavy atom. The van der Waals surface area contributed by atoms with E-state index in [4.69, 9.17) is 15.3 Å². The first-order valence-electron chi connectivity index (χ1n) is 3.46. The topological polar surface area (TPSA) is 94.8 Å². The molecule has 86 valence electrons. The minimum Gasteiger partial charge on any atom is -0.479 e. The summed E-state index contributed by atoms with van der Waals surface area (Å²) < 4.78 is 36.3. The van der Waals surface area contributed by atoms with Crippen LogP contribution in [-0.2, 0) is 9.59 Å². The van der Waals surface area contributed by atoms with Gasteiger partial charge >= 0.3 is 18.1 Å². The van der Waals surface area contributed by atoms with Crippen molar-refractivity contribution in [3.8, 4) is 0 Å². The van der Waals surface area contributed by atoms with Crippen molar-refractivity contribution < 1.29 is 38.1 Å². The molecule has 5 nitrogen and oxygen atoms in total. The molecule has 0 aliphatic heterocycles. The Bertz CT molecular complexity index is 308. The number of rotatable bonds is 4. The van der Waals surface area contributed by atoms with E-state index in [9.17, 15) is 22.8 Å². The van der Waals surface area contributed by atoms with Crippen LogP contribution in [0.4, 0.5) is 13.2 Å². The maximum Gasteiger partial charge on any atom is 0.428 e. The zero-order valence-corrected chi connectivity index (χ0v) is 7.21. The number of carbonyl (C=O) groups is 2. The summed E-state index contributed by atoms with van der Waals surface area (Å²) in [5, 5.41) is 25.2. The Morgan fingerprint density at radius 3 is 1.80 bits per heavy atom.